The molecule has 1 fully saturated rings. The number of ketones is 1. The van der Waals surface area contributed by atoms with Crippen molar-refractivity contribution in [3.63, 3.8) is 0 Å². The van der Waals surface area contributed by atoms with Crippen LogP contribution in [0.3, 0.4) is 0 Å². The van der Waals surface area contributed by atoms with Crippen LogP contribution in [0, 0.1) is 0 Å². The lowest BCUT2D eigenvalue weighted by Gasteiger charge is -2.27. The third-order valence-electron chi connectivity index (χ3n) is 3.35. The second-order valence-electron chi connectivity index (χ2n) is 4.34. The van der Waals surface area contributed by atoms with Gasteiger partial charge in [0, 0.05) is 11.1 Å². The molecule has 1 aromatic rings. The Morgan fingerprint density at radius 2 is 1.83 bits per heavy atom. The molecule has 18 heavy (non-hydrogen) atoms. The molecular weight excluding hydrogens is 236 g/mol. The van der Waals surface area contributed by atoms with Crippen molar-refractivity contribution in [1.29, 1.82) is 0 Å². The number of amides is 2. The first-order chi connectivity index (χ1) is 8.42. The standard InChI is InChI=1S/C12H10N2O4/c1-2-6-3-4-7-8(5-6)11(17)12(18,9(7)15)14-10(16)13-11/h2-5,17-18H,1H2,(H2,13,14,16). The molecule has 2 aliphatic rings. The zero-order valence-electron chi connectivity index (χ0n) is 9.23. The number of Topliss-reactive ketones (excluding diaryl/α,β-unsaturated/α-hetero) is 1. The van der Waals surface area contributed by atoms with E-state index in [2.05, 4.69) is 11.9 Å². The van der Waals surface area contributed by atoms with Crippen LogP contribution in [0.15, 0.2) is 24.8 Å². The van der Waals surface area contributed by atoms with Gasteiger partial charge in [-0.1, -0.05) is 24.8 Å². The first kappa shape index (κ1) is 10.9. The number of hydrogen-bond donors (Lipinski definition) is 4. The first-order valence-corrected chi connectivity index (χ1v) is 5.29. The van der Waals surface area contributed by atoms with Gasteiger partial charge in [-0.2, -0.15) is 0 Å². The smallest absolute Gasteiger partial charge is 0.320 e. The van der Waals surface area contributed by atoms with E-state index >= 15 is 0 Å². The molecule has 0 aromatic heterocycles. The van der Waals surface area contributed by atoms with Crippen LogP contribution < -0.4 is 10.6 Å². The summed E-state index contributed by atoms with van der Waals surface area (Å²) < 4.78 is 0. The maximum absolute atomic E-state index is 12.1. The highest BCUT2D eigenvalue weighted by Crippen LogP contribution is 2.43. The number of fused-ring (bicyclic) bond motifs is 3. The summed E-state index contributed by atoms with van der Waals surface area (Å²) in [7, 11) is 0. The minimum absolute atomic E-state index is 0.158. The van der Waals surface area contributed by atoms with Crippen molar-refractivity contribution in [2.75, 3.05) is 0 Å². The molecule has 1 aliphatic heterocycles. The molecule has 3 rings (SSSR count). The molecule has 0 radical (unpaired) electrons. The van der Waals surface area contributed by atoms with Crippen molar-refractivity contribution in [3.8, 4) is 0 Å². The molecule has 2 unspecified atom stereocenters. The van der Waals surface area contributed by atoms with E-state index in [4.69, 9.17) is 0 Å². The fourth-order valence-electron chi connectivity index (χ4n) is 2.41. The van der Waals surface area contributed by atoms with Gasteiger partial charge >= 0.3 is 6.03 Å². The molecule has 1 aliphatic carbocycles. The minimum Gasteiger partial charge on any atom is -0.363 e. The average molecular weight is 246 g/mol. The van der Waals surface area contributed by atoms with E-state index in [1.54, 1.807) is 6.07 Å². The van der Waals surface area contributed by atoms with Crippen LogP contribution in [0.5, 0.6) is 0 Å². The summed E-state index contributed by atoms with van der Waals surface area (Å²) in [6.45, 7) is 3.58. The van der Waals surface area contributed by atoms with Gasteiger partial charge < -0.3 is 15.5 Å². The largest absolute Gasteiger partial charge is 0.363 e. The average Bonchev–Trinajstić information content (AvgIpc) is 2.66. The third kappa shape index (κ3) is 0.993. The van der Waals surface area contributed by atoms with Crippen LogP contribution in [-0.4, -0.2) is 27.8 Å². The zero-order valence-corrected chi connectivity index (χ0v) is 9.23. The molecule has 92 valence electrons. The second kappa shape index (κ2) is 2.98. The summed E-state index contributed by atoms with van der Waals surface area (Å²) in [6, 6.07) is 3.82. The number of carbonyl (C=O) groups is 2. The summed E-state index contributed by atoms with van der Waals surface area (Å²) in [5, 5.41) is 24.8. The Bertz CT molecular complexity index is 612. The van der Waals surface area contributed by atoms with Gasteiger partial charge in [0.15, 0.2) is 0 Å². The quantitative estimate of drug-likeness (QED) is 0.545. The van der Waals surface area contributed by atoms with E-state index in [1.165, 1.54) is 18.2 Å². The van der Waals surface area contributed by atoms with Gasteiger partial charge in [-0.25, -0.2) is 4.79 Å². The number of urea groups is 1. The summed E-state index contributed by atoms with van der Waals surface area (Å²) in [4.78, 5) is 23.3. The van der Waals surface area contributed by atoms with Crippen LogP contribution in [-0.2, 0) is 5.72 Å². The van der Waals surface area contributed by atoms with E-state index in [0.717, 1.165) is 0 Å². The Morgan fingerprint density at radius 3 is 2.50 bits per heavy atom. The SMILES string of the molecule is C=Cc1ccc2c(c1)C1(O)NC(=O)NC1(O)C2=O. The highest BCUT2D eigenvalue weighted by molar-refractivity contribution is 6.11. The van der Waals surface area contributed by atoms with Gasteiger partial charge in [0.2, 0.25) is 11.5 Å². The molecule has 0 bridgehead atoms. The molecule has 4 N–H and O–H groups in total. The highest BCUT2D eigenvalue weighted by atomic mass is 16.4. The summed E-state index contributed by atoms with van der Waals surface area (Å²) in [5.74, 6) is -0.742. The van der Waals surface area contributed by atoms with Crippen molar-refractivity contribution >= 4 is 17.9 Å². The third-order valence-corrected chi connectivity index (χ3v) is 3.35. The lowest BCUT2D eigenvalue weighted by atomic mass is 9.99. The second-order valence-corrected chi connectivity index (χ2v) is 4.34. The maximum atomic E-state index is 12.1. The zero-order chi connectivity index (χ0) is 13.1. The normalized spacial score (nSPS) is 32.6. The summed E-state index contributed by atoms with van der Waals surface area (Å²) >= 11 is 0. The van der Waals surface area contributed by atoms with Gasteiger partial charge in [-0.05, 0) is 11.6 Å². The molecule has 1 aromatic carbocycles. The lowest BCUT2D eigenvalue weighted by Crippen LogP contribution is -2.58. The number of nitrogens with one attached hydrogen (secondary N) is 2. The summed E-state index contributed by atoms with van der Waals surface area (Å²) in [6.07, 6.45) is 1.54. The predicted octanol–water partition coefficient (Wildman–Crippen LogP) is -0.328. The molecule has 0 saturated carbocycles. The molecule has 0 spiro atoms. The van der Waals surface area contributed by atoms with Crippen LogP contribution in [0.1, 0.15) is 21.5 Å². The fraction of sp³-hybridized carbons (Fsp3) is 0.167. The Morgan fingerprint density at radius 1 is 1.17 bits per heavy atom. The number of aliphatic hydroxyl groups is 2. The Hall–Kier alpha value is -2.18. The van der Waals surface area contributed by atoms with Crippen LogP contribution >= 0.6 is 0 Å². The van der Waals surface area contributed by atoms with E-state index in [0.29, 0.717) is 5.56 Å². The number of hydrogen-bond acceptors (Lipinski definition) is 4. The topological polar surface area (TPSA) is 98.7 Å². The number of rotatable bonds is 1. The van der Waals surface area contributed by atoms with Gasteiger partial charge in [-0.3, -0.25) is 10.1 Å². The van der Waals surface area contributed by atoms with Gasteiger partial charge in [0.25, 0.3) is 5.72 Å². The first-order valence-electron chi connectivity index (χ1n) is 5.29. The van der Waals surface area contributed by atoms with E-state index in [-0.39, 0.29) is 11.1 Å². The maximum Gasteiger partial charge on any atom is 0.320 e. The Labute approximate surface area is 102 Å². The fourth-order valence-corrected chi connectivity index (χ4v) is 2.41. The monoisotopic (exact) mass is 246 g/mol. The van der Waals surface area contributed by atoms with Crippen molar-refractivity contribution in [2.24, 2.45) is 0 Å². The number of benzene rings is 1. The van der Waals surface area contributed by atoms with Gasteiger partial charge in [0.05, 0.1) is 0 Å². The minimum atomic E-state index is -2.35. The van der Waals surface area contributed by atoms with Crippen LogP contribution in [0.25, 0.3) is 6.08 Å². The molecular formula is C12H10N2O4. The number of carbonyl (C=O) groups excluding carboxylic acids is 2. The predicted molar refractivity (Wildman–Crippen MR) is 61.4 cm³/mol. The van der Waals surface area contributed by atoms with Crippen molar-refractivity contribution in [1.82, 2.24) is 10.6 Å². The van der Waals surface area contributed by atoms with Crippen LogP contribution in [0.2, 0.25) is 0 Å². The van der Waals surface area contributed by atoms with Gasteiger partial charge in [-0.15, -0.1) is 0 Å². The van der Waals surface area contributed by atoms with Crippen molar-refractivity contribution in [2.45, 2.75) is 11.4 Å². The lowest BCUT2D eigenvalue weighted by molar-refractivity contribution is -0.123. The summed E-state index contributed by atoms with van der Waals surface area (Å²) in [5.41, 5.74) is -3.51. The molecule has 2 amide bonds. The molecule has 1 saturated heterocycles. The Balaban J connectivity index is 2.30. The van der Waals surface area contributed by atoms with Crippen LogP contribution in [0.4, 0.5) is 4.79 Å². The molecule has 6 nitrogen and oxygen atoms in total. The van der Waals surface area contributed by atoms with Crippen molar-refractivity contribution < 1.29 is 19.8 Å². The highest BCUT2D eigenvalue weighted by Gasteiger charge is 2.68. The van der Waals surface area contributed by atoms with Gasteiger partial charge in [0.1, 0.15) is 0 Å². The van der Waals surface area contributed by atoms with E-state index < -0.39 is 23.3 Å². The van der Waals surface area contributed by atoms with E-state index in [1.807, 2.05) is 5.32 Å². The molecule has 6 heteroatoms. The van der Waals surface area contributed by atoms with Crippen molar-refractivity contribution in [3.05, 3.63) is 41.5 Å². The molecule has 2 atom stereocenters. The van der Waals surface area contributed by atoms with E-state index in [9.17, 15) is 19.8 Å². The molecule has 1 heterocycles. The Kier molecular flexibility index (Phi) is 1.81.